The molecule has 0 spiro atoms. The highest BCUT2D eigenvalue weighted by Crippen LogP contribution is 2.28. The molecule has 7 heteroatoms. The van der Waals surface area contributed by atoms with Crippen LogP contribution in [0, 0.1) is 0 Å². The fourth-order valence-electron chi connectivity index (χ4n) is 0.693. The zero-order valence-electron chi connectivity index (χ0n) is 7.96. The van der Waals surface area contributed by atoms with E-state index in [2.05, 4.69) is 4.74 Å². The Kier molecular flexibility index (Phi) is 5.42. The molecule has 0 saturated carbocycles. The van der Waals surface area contributed by atoms with Crippen LogP contribution >= 0.6 is 34.8 Å². The number of hydrogen-bond acceptors (Lipinski definition) is 3. The number of esters is 1. The average Bonchev–Trinajstić information content (AvgIpc) is 2.01. The second-order valence-electron chi connectivity index (χ2n) is 2.76. The van der Waals surface area contributed by atoms with Gasteiger partial charge in [0.25, 0.3) is 3.79 Å². The number of carbonyl (C=O) groups is 2. The molecule has 0 aliphatic carbocycles. The van der Waals surface area contributed by atoms with Gasteiger partial charge in [0.05, 0.1) is 0 Å². The largest absolute Gasteiger partial charge is 0.478 e. The molecule has 0 heterocycles. The molecular weight excluding hydrogens is 266 g/mol. The van der Waals surface area contributed by atoms with Gasteiger partial charge in [-0.15, -0.1) is 0 Å². The van der Waals surface area contributed by atoms with Crippen LogP contribution in [-0.2, 0) is 14.3 Å². The van der Waals surface area contributed by atoms with Gasteiger partial charge in [-0.05, 0) is 19.9 Å². The monoisotopic (exact) mass is 274 g/mol. The van der Waals surface area contributed by atoms with Crippen molar-refractivity contribution in [2.75, 3.05) is 0 Å². The molecule has 0 radical (unpaired) electrons. The molecular formula is C8H9Cl3O4. The Morgan fingerprint density at radius 3 is 2.20 bits per heavy atom. The van der Waals surface area contributed by atoms with E-state index in [4.69, 9.17) is 39.9 Å². The first-order valence-electron chi connectivity index (χ1n) is 3.84. The number of rotatable bonds is 3. The van der Waals surface area contributed by atoms with Gasteiger partial charge in [-0.25, -0.2) is 9.59 Å². The highest BCUT2D eigenvalue weighted by molar-refractivity contribution is 6.75. The van der Waals surface area contributed by atoms with Crippen molar-refractivity contribution in [3.8, 4) is 0 Å². The van der Waals surface area contributed by atoms with E-state index < -0.39 is 21.8 Å². The molecule has 0 aromatic carbocycles. The molecule has 0 aromatic heterocycles. The van der Waals surface area contributed by atoms with Crippen molar-refractivity contribution in [3.63, 3.8) is 0 Å². The molecule has 1 N–H and O–H groups in total. The Balaban J connectivity index is 4.40. The summed E-state index contributed by atoms with van der Waals surface area (Å²) < 4.78 is 2.51. The van der Waals surface area contributed by atoms with Gasteiger partial charge in [0.2, 0.25) is 0 Å². The van der Waals surface area contributed by atoms with E-state index in [1.165, 1.54) is 19.9 Å². The normalized spacial score (nSPS) is 14.6. The number of carbonyl (C=O) groups excluding carboxylic acids is 1. The summed E-state index contributed by atoms with van der Waals surface area (Å²) in [6.45, 7) is 2.82. The molecule has 0 aliphatic rings. The second kappa shape index (κ2) is 5.58. The van der Waals surface area contributed by atoms with Crippen molar-refractivity contribution in [1.29, 1.82) is 0 Å². The van der Waals surface area contributed by atoms with Crippen LogP contribution in [0.5, 0.6) is 0 Å². The van der Waals surface area contributed by atoms with Crippen LogP contribution in [0.2, 0.25) is 0 Å². The van der Waals surface area contributed by atoms with Crippen LogP contribution in [0.3, 0.4) is 0 Å². The van der Waals surface area contributed by atoms with Crippen LogP contribution in [0.25, 0.3) is 0 Å². The van der Waals surface area contributed by atoms with E-state index in [0.717, 1.165) is 0 Å². The molecule has 0 aromatic rings. The number of aliphatic carboxylic acids is 1. The minimum absolute atomic E-state index is 0.0413. The van der Waals surface area contributed by atoms with E-state index >= 15 is 0 Å². The van der Waals surface area contributed by atoms with E-state index in [9.17, 15) is 9.59 Å². The zero-order chi connectivity index (χ0) is 12.2. The molecule has 0 aliphatic heterocycles. The van der Waals surface area contributed by atoms with Crippen LogP contribution in [0.1, 0.15) is 13.8 Å². The summed E-state index contributed by atoms with van der Waals surface area (Å²) in [6, 6.07) is 0. The first-order valence-corrected chi connectivity index (χ1v) is 4.97. The predicted octanol–water partition coefficient (Wildman–Crippen LogP) is 2.32. The zero-order valence-corrected chi connectivity index (χ0v) is 10.2. The minimum Gasteiger partial charge on any atom is -0.478 e. The standard InChI is InChI=1S/C8H9Cl3O4/c1-4(6(12)13)3-5(2)15-7(14)8(9,10)11/h3,5H,1-2H3,(H,12,13). The molecule has 0 bridgehead atoms. The topological polar surface area (TPSA) is 63.6 Å². The van der Waals surface area contributed by atoms with Gasteiger partial charge in [-0.1, -0.05) is 34.8 Å². The van der Waals surface area contributed by atoms with Crippen LogP contribution in [0.4, 0.5) is 0 Å². The van der Waals surface area contributed by atoms with Gasteiger partial charge >= 0.3 is 11.9 Å². The Bertz CT molecular complexity index is 293. The summed E-state index contributed by atoms with van der Waals surface area (Å²) in [7, 11) is 0. The Labute approximate surface area is 102 Å². The van der Waals surface area contributed by atoms with Gasteiger partial charge in [0.1, 0.15) is 6.10 Å². The van der Waals surface area contributed by atoms with Crippen LogP contribution in [-0.4, -0.2) is 26.9 Å². The van der Waals surface area contributed by atoms with Crippen molar-refractivity contribution in [3.05, 3.63) is 11.6 Å². The molecule has 1 unspecified atom stereocenters. The molecule has 86 valence electrons. The van der Waals surface area contributed by atoms with Gasteiger partial charge < -0.3 is 9.84 Å². The molecule has 0 fully saturated rings. The third kappa shape index (κ3) is 5.87. The maximum atomic E-state index is 11.0. The Morgan fingerprint density at radius 1 is 1.40 bits per heavy atom. The van der Waals surface area contributed by atoms with Gasteiger partial charge in [-0.2, -0.15) is 0 Å². The molecule has 0 amide bonds. The number of carboxylic acids is 1. The molecule has 0 rings (SSSR count). The second-order valence-corrected chi connectivity index (χ2v) is 5.04. The van der Waals surface area contributed by atoms with Crippen molar-refractivity contribution in [1.82, 2.24) is 0 Å². The fourth-order valence-corrected chi connectivity index (χ4v) is 0.827. The van der Waals surface area contributed by atoms with Gasteiger partial charge in [0, 0.05) is 5.57 Å². The number of carboxylic acid groups (broad SMARTS) is 1. The van der Waals surface area contributed by atoms with Gasteiger partial charge in [0.15, 0.2) is 0 Å². The van der Waals surface area contributed by atoms with Crippen molar-refractivity contribution < 1.29 is 19.4 Å². The van der Waals surface area contributed by atoms with Crippen molar-refractivity contribution in [2.24, 2.45) is 0 Å². The summed E-state index contributed by atoms with van der Waals surface area (Å²) in [5.41, 5.74) is 0.0413. The summed E-state index contributed by atoms with van der Waals surface area (Å²) in [4.78, 5) is 21.5. The molecule has 1 atom stereocenters. The fraction of sp³-hybridized carbons (Fsp3) is 0.500. The lowest BCUT2D eigenvalue weighted by Crippen LogP contribution is -2.25. The SMILES string of the molecule is CC(=CC(C)OC(=O)C(Cl)(Cl)Cl)C(=O)O. The highest BCUT2D eigenvalue weighted by Gasteiger charge is 2.33. The molecule has 4 nitrogen and oxygen atoms in total. The lowest BCUT2D eigenvalue weighted by atomic mass is 10.2. The maximum Gasteiger partial charge on any atom is 0.359 e. The predicted molar refractivity (Wildman–Crippen MR) is 57.2 cm³/mol. The van der Waals surface area contributed by atoms with Crippen LogP contribution in [0.15, 0.2) is 11.6 Å². The van der Waals surface area contributed by atoms with E-state index in [1.54, 1.807) is 0 Å². The lowest BCUT2D eigenvalue weighted by Gasteiger charge is -2.14. The number of halogens is 3. The molecule has 0 saturated heterocycles. The lowest BCUT2D eigenvalue weighted by molar-refractivity contribution is -0.145. The third-order valence-corrected chi connectivity index (χ3v) is 1.81. The Hall–Kier alpha value is -0.450. The van der Waals surface area contributed by atoms with Crippen LogP contribution < -0.4 is 0 Å². The summed E-state index contributed by atoms with van der Waals surface area (Å²) >= 11 is 15.7. The van der Waals surface area contributed by atoms with Crippen molar-refractivity contribution in [2.45, 2.75) is 23.7 Å². The first-order chi connectivity index (χ1) is 6.64. The van der Waals surface area contributed by atoms with E-state index in [-0.39, 0.29) is 5.57 Å². The number of hydrogen-bond donors (Lipinski definition) is 1. The smallest absolute Gasteiger partial charge is 0.359 e. The summed E-state index contributed by atoms with van der Waals surface area (Å²) in [5, 5.41) is 8.54. The number of alkyl halides is 3. The minimum atomic E-state index is -2.15. The number of ether oxygens (including phenoxy) is 1. The van der Waals surface area contributed by atoms with E-state index in [1.807, 2.05) is 0 Å². The third-order valence-electron chi connectivity index (χ3n) is 1.35. The quantitative estimate of drug-likeness (QED) is 0.488. The Morgan fingerprint density at radius 2 is 1.87 bits per heavy atom. The molecule has 15 heavy (non-hydrogen) atoms. The average molecular weight is 276 g/mol. The highest BCUT2D eigenvalue weighted by atomic mass is 35.6. The summed E-state index contributed by atoms with van der Waals surface area (Å²) in [5.74, 6) is -2.15. The van der Waals surface area contributed by atoms with Crippen molar-refractivity contribution >= 4 is 46.7 Å². The first kappa shape index (κ1) is 14.6. The maximum absolute atomic E-state index is 11.0. The summed E-state index contributed by atoms with van der Waals surface area (Å²) in [6.07, 6.45) is 0.459. The van der Waals surface area contributed by atoms with Gasteiger partial charge in [-0.3, -0.25) is 0 Å². The van der Waals surface area contributed by atoms with E-state index in [0.29, 0.717) is 0 Å².